The van der Waals surface area contributed by atoms with Crippen LogP contribution in [0.2, 0.25) is 0 Å². The molecule has 0 aromatic heterocycles. The van der Waals surface area contributed by atoms with Gasteiger partial charge in [0.2, 0.25) is 5.91 Å². The zero-order chi connectivity index (χ0) is 13.7. The molecule has 2 rings (SSSR count). The van der Waals surface area contributed by atoms with Crippen molar-refractivity contribution in [2.45, 2.75) is 38.8 Å². The number of fused-ring (bicyclic) bond motifs is 1. The van der Waals surface area contributed by atoms with E-state index in [4.69, 9.17) is 4.74 Å². The van der Waals surface area contributed by atoms with Crippen LogP contribution in [-0.2, 0) is 16.0 Å². The zero-order valence-corrected chi connectivity index (χ0v) is 11.6. The van der Waals surface area contributed by atoms with E-state index in [1.54, 1.807) is 0 Å². The third-order valence-electron chi connectivity index (χ3n) is 3.46. The van der Waals surface area contributed by atoms with Crippen molar-refractivity contribution >= 4 is 11.6 Å². The molecule has 1 aliphatic rings. The Morgan fingerprint density at radius 3 is 3.11 bits per heavy atom. The van der Waals surface area contributed by atoms with Crippen LogP contribution in [0.5, 0.6) is 0 Å². The summed E-state index contributed by atoms with van der Waals surface area (Å²) in [5.41, 5.74) is 2.42. The number of rotatable bonds is 5. The van der Waals surface area contributed by atoms with E-state index in [1.807, 2.05) is 26.0 Å². The summed E-state index contributed by atoms with van der Waals surface area (Å²) in [6.07, 6.45) is 1.86. The molecular weight excluding hydrogens is 240 g/mol. The Labute approximate surface area is 114 Å². The van der Waals surface area contributed by atoms with Crippen LogP contribution in [0.15, 0.2) is 24.3 Å². The van der Waals surface area contributed by atoms with Gasteiger partial charge in [-0.15, -0.1) is 0 Å². The van der Waals surface area contributed by atoms with E-state index in [-0.39, 0.29) is 24.7 Å². The first-order chi connectivity index (χ1) is 9.19. The van der Waals surface area contributed by atoms with Crippen LogP contribution in [-0.4, -0.2) is 31.2 Å². The van der Waals surface area contributed by atoms with Gasteiger partial charge in [-0.2, -0.15) is 0 Å². The topological polar surface area (TPSA) is 50.4 Å². The molecule has 19 heavy (non-hydrogen) atoms. The number of carbonyl (C=O) groups excluding carboxylic acids is 1. The van der Waals surface area contributed by atoms with Gasteiger partial charge >= 0.3 is 0 Å². The molecule has 2 atom stereocenters. The Kier molecular flexibility index (Phi) is 4.80. The summed E-state index contributed by atoms with van der Waals surface area (Å²) in [6, 6.07) is 8.42. The van der Waals surface area contributed by atoms with Crippen molar-refractivity contribution in [3.8, 4) is 0 Å². The molecule has 0 radical (unpaired) electrons. The van der Waals surface area contributed by atoms with Crippen molar-refractivity contribution < 1.29 is 9.53 Å². The first-order valence-corrected chi connectivity index (χ1v) is 6.91. The number of anilines is 1. The molecule has 0 saturated heterocycles. The lowest BCUT2D eigenvalue weighted by Gasteiger charge is -2.26. The van der Waals surface area contributed by atoms with Gasteiger partial charge in [-0.3, -0.25) is 4.79 Å². The fraction of sp³-hybridized carbons (Fsp3) is 0.533. The lowest BCUT2D eigenvalue weighted by Crippen LogP contribution is -2.38. The van der Waals surface area contributed by atoms with Crippen LogP contribution in [0, 0.1) is 0 Å². The molecule has 0 aliphatic carbocycles. The number of para-hydroxylation sites is 1. The standard InChI is InChI=1S/C15H22N2O2/c1-3-11(2)17-15(18)10-19-13-8-12-6-4-5-7-14(12)16-9-13/h4-7,11,13,16H,3,8-10H2,1-2H3,(H,17,18). The van der Waals surface area contributed by atoms with Crippen molar-refractivity contribution in [1.82, 2.24) is 5.32 Å². The number of hydrogen-bond donors (Lipinski definition) is 2. The number of ether oxygens (including phenoxy) is 1. The van der Waals surface area contributed by atoms with Gasteiger partial charge in [0, 0.05) is 24.7 Å². The number of benzene rings is 1. The highest BCUT2D eigenvalue weighted by atomic mass is 16.5. The quantitative estimate of drug-likeness (QED) is 0.853. The van der Waals surface area contributed by atoms with E-state index in [2.05, 4.69) is 22.8 Å². The van der Waals surface area contributed by atoms with Gasteiger partial charge < -0.3 is 15.4 Å². The van der Waals surface area contributed by atoms with Gasteiger partial charge in [-0.1, -0.05) is 25.1 Å². The van der Waals surface area contributed by atoms with E-state index in [0.717, 1.165) is 19.4 Å². The molecular formula is C15H22N2O2. The number of nitrogens with one attached hydrogen (secondary N) is 2. The van der Waals surface area contributed by atoms with E-state index < -0.39 is 0 Å². The highest BCUT2D eigenvalue weighted by Crippen LogP contribution is 2.22. The van der Waals surface area contributed by atoms with E-state index in [0.29, 0.717) is 0 Å². The van der Waals surface area contributed by atoms with Gasteiger partial charge in [0.1, 0.15) is 6.61 Å². The molecule has 1 aromatic rings. The van der Waals surface area contributed by atoms with Gasteiger partial charge in [-0.05, 0) is 25.0 Å². The smallest absolute Gasteiger partial charge is 0.246 e. The van der Waals surface area contributed by atoms with Crippen molar-refractivity contribution in [1.29, 1.82) is 0 Å². The summed E-state index contributed by atoms with van der Waals surface area (Å²) < 4.78 is 5.67. The number of amides is 1. The van der Waals surface area contributed by atoms with Crippen molar-refractivity contribution in [3.05, 3.63) is 29.8 Å². The van der Waals surface area contributed by atoms with E-state index in [1.165, 1.54) is 11.3 Å². The average Bonchev–Trinajstić information content (AvgIpc) is 2.44. The fourth-order valence-corrected chi connectivity index (χ4v) is 2.14. The van der Waals surface area contributed by atoms with Crippen LogP contribution < -0.4 is 10.6 Å². The predicted octanol–water partition coefficient (Wildman–Crippen LogP) is 1.95. The van der Waals surface area contributed by atoms with Crippen molar-refractivity contribution in [2.24, 2.45) is 0 Å². The summed E-state index contributed by atoms with van der Waals surface area (Å²) >= 11 is 0. The third kappa shape index (κ3) is 3.96. The van der Waals surface area contributed by atoms with Crippen LogP contribution in [0.1, 0.15) is 25.8 Å². The molecule has 104 valence electrons. The maximum atomic E-state index is 11.6. The minimum Gasteiger partial charge on any atom is -0.382 e. The van der Waals surface area contributed by atoms with Crippen LogP contribution >= 0.6 is 0 Å². The van der Waals surface area contributed by atoms with E-state index >= 15 is 0 Å². The molecule has 2 unspecified atom stereocenters. The number of carbonyl (C=O) groups is 1. The molecule has 0 saturated carbocycles. The molecule has 0 bridgehead atoms. The van der Waals surface area contributed by atoms with Crippen molar-refractivity contribution in [2.75, 3.05) is 18.5 Å². The van der Waals surface area contributed by atoms with Gasteiger partial charge in [0.05, 0.1) is 6.10 Å². The molecule has 1 aliphatic heterocycles. The second-order valence-corrected chi connectivity index (χ2v) is 5.05. The highest BCUT2D eigenvalue weighted by Gasteiger charge is 2.19. The van der Waals surface area contributed by atoms with Crippen molar-refractivity contribution in [3.63, 3.8) is 0 Å². The van der Waals surface area contributed by atoms with Gasteiger partial charge in [0.25, 0.3) is 0 Å². The summed E-state index contributed by atoms with van der Waals surface area (Å²) in [4.78, 5) is 11.6. The second-order valence-electron chi connectivity index (χ2n) is 5.05. The molecule has 4 heteroatoms. The largest absolute Gasteiger partial charge is 0.382 e. The number of hydrogen-bond acceptors (Lipinski definition) is 3. The summed E-state index contributed by atoms with van der Waals surface area (Å²) in [5, 5.41) is 6.24. The maximum Gasteiger partial charge on any atom is 0.246 e. The molecule has 1 amide bonds. The molecule has 2 N–H and O–H groups in total. The third-order valence-corrected chi connectivity index (χ3v) is 3.46. The Morgan fingerprint density at radius 1 is 1.53 bits per heavy atom. The lowest BCUT2D eigenvalue weighted by molar-refractivity contribution is -0.128. The monoisotopic (exact) mass is 262 g/mol. The first kappa shape index (κ1) is 13.9. The minimum absolute atomic E-state index is 0.0341. The first-order valence-electron chi connectivity index (χ1n) is 6.91. The minimum atomic E-state index is -0.0341. The summed E-state index contributed by atoms with van der Waals surface area (Å²) in [6.45, 7) is 4.94. The molecule has 4 nitrogen and oxygen atoms in total. The maximum absolute atomic E-state index is 11.6. The summed E-state index contributed by atoms with van der Waals surface area (Å²) in [5.74, 6) is -0.0341. The SMILES string of the molecule is CCC(C)NC(=O)COC1CNc2ccccc2C1. The lowest BCUT2D eigenvalue weighted by atomic mass is 10.0. The van der Waals surface area contributed by atoms with Crippen LogP contribution in [0.3, 0.4) is 0 Å². The molecule has 0 fully saturated rings. The van der Waals surface area contributed by atoms with Crippen LogP contribution in [0.4, 0.5) is 5.69 Å². The normalized spacial score (nSPS) is 19.2. The average molecular weight is 262 g/mol. The summed E-state index contributed by atoms with van der Waals surface area (Å²) in [7, 11) is 0. The zero-order valence-electron chi connectivity index (χ0n) is 11.6. The molecule has 1 aromatic carbocycles. The Balaban J connectivity index is 1.78. The molecule has 1 heterocycles. The Hall–Kier alpha value is -1.55. The van der Waals surface area contributed by atoms with E-state index in [9.17, 15) is 4.79 Å². The molecule has 0 spiro atoms. The van der Waals surface area contributed by atoms with Gasteiger partial charge in [-0.25, -0.2) is 0 Å². The fourth-order valence-electron chi connectivity index (χ4n) is 2.14. The van der Waals surface area contributed by atoms with Crippen LogP contribution in [0.25, 0.3) is 0 Å². The second kappa shape index (κ2) is 6.57. The highest BCUT2D eigenvalue weighted by molar-refractivity contribution is 5.77. The Bertz CT molecular complexity index is 434. The van der Waals surface area contributed by atoms with Gasteiger partial charge in [0.15, 0.2) is 0 Å². The Morgan fingerprint density at radius 2 is 2.32 bits per heavy atom. The predicted molar refractivity (Wildman–Crippen MR) is 76.3 cm³/mol.